The molecule has 0 aromatic carbocycles. The Balaban J connectivity index is 2.17. The van der Waals surface area contributed by atoms with Gasteiger partial charge in [0.1, 0.15) is 0 Å². The zero-order valence-electron chi connectivity index (χ0n) is 8.18. The Kier molecular flexibility index (Phi) is 4.02. The average Bonchev–Trinajstić information content (AvgIpc) is 2.14. The number of hydrazine groups is 1. The van der Waals surface area contributed by atoms with Gasteiger partial charge in [-0.25, -0.2) is 10.6 Å². The molecule has 4 nitrogen and oxygen atoms in total. The van der Waals surface area contributed by atoms with Crippen LogP contribution >= 0.6 is 0 Å². The number of nitrogens with two attached hydrogens (primary N) is 1. The third-order valence-electron chi connectivity index (χ3n) is 2.73. The molecule has 0 spiro atoms. The highest BCUT2D eigenvalue weighted by atomic mass is 16.2. The first kappa shape index (κ1) is 10.3. The topological polar surface area (TPSA) is 67.2 Å². The van der Waals surface area contributed by atoms with Gasteiger partial charge < -0.3 is 5.32 Å². The van der Waals surface area contributed by atoms with Gasteiger partial charge in [0, 0.05) is 6.54 Å². The molecule has 0 aromatic heterocycles. The van der Waals surface area contributed by atoms with Crippen LogP contribution in [0.5, 0.6) is 0 Å². The lowest BCUT2D eigenvalue weighted by Gasteiger charge is -2.26. The Labute approximate surface area is 79.2 Å². The number of rotatable bonds is 2. The molecule has 4 heteroatoms. The Morgan fingerprint density at radius 3 is 2.92 bits per heavy atom. The van der Waals surface area contributed by atoms with E-state index in [9.17, 15) is 4.79 Å². The van der Waals surface area contributed by atoms with Crippen LogP contribution in [0.2, 0.25) is 0 Å². The van der Waals surface area contributed by atoms with Crippen molar-refractivity contribution in [1.82, 2.24) is 10.7 Å². The Bertz CT molecular complexity index is 172. The molecule has 1 aliphatic carbocycles. The number of urea groups is 1. The first-order valence-electron chi connectivity index (χ1n) is 4.96. The van der Waals surface area contributed by atoms with Gasteiger partial charge in [-0.05, 0) is 24.7 Å². The molecule has 0 bridgehead atoms. The second-order valence-corrected chi connectivity index (χ2v) is 3.99. The summed E-state index contributed by atoms with van der Waals surface area (Å²) in [5, 5.41) is 2.75. The SMILES string of the molecule is CC1CCCC(CNC(=O)NN)C1. The summed E-state index contributed by atoms with van der Waals surface area (Å²) in [5.74, 6) is 6.40. The molecule has 1 fully saturated rings. The second kappa shape index (κ2) is 5.07. The van der Waals surface area contributed by atoms with Crippen molar-refractivity contribution in [2.75, 3.05) is 6.54 Å². The predicted octanol–water partition coefficient (Wildman–Crippen LogP) is 0.986. The Morgan fingerprint density at radius 2 is 2.31 bits per heavy atom. The standard InChI is InChI=1S/C9H19N3O/c1-7-3-2-4-8(5-7)6-11-9(13)12-10/h7-8H,2-6,10H2,1H3,(H2,11,12,13). The van der Waals surface area contributed by atoms with E-state index in [1.807, 2.05) is 0 Å². The number of amides is 2. The summed E-state index contributed by atoms with van der Waals surface area (Å²) in [6.45, 7) is 3.03. The van der Waals surface area contributed by atoms with E-state index in [2.05, 4.69) is 17.7 Å². The molecule has 0 heterocycles. The molecule has 1 rings (SSSR count). The molecule has 0 aromatic rings. The van der Waals surface area contributed by atoms with Gasteiger partial charge in [0.25, 0.3) is 0 Å². The zero-order valence-corrected chi connectivity index (χ0v) is 8.18. The van der Waals surface area contributed by atoms with Gasteiger partial charge in [-0.3, -0.25) is 5.43 Å². The molecule has 2 amide bonds. The molecule has 4 N–H and O–H groups in total. The fraction of sp³-hybridized carbons (Fsp3) is 0.889. The molecule has 13 heavy (non-hydrogen) atoms. The number of hydrogen-bond donors (Lipinski definition) is 3. The number of nitrogens with one attached hydrogen (secondary N) is 2. The summed E-state index contributed by atoms with van der Waals surface area (Å²) in [5.41, 5.74) is 2.07. The molecular formula is C9H19N3O. The van der Waals surface area contributed by atoms with Crippen LogP contribution in [-0.2, 0) is 0 Å². The van der Waals surface area contributed by atoms with Crippen molar-refractivity contribution in [3.8, 4) is 0 Å². The first-order valence-corrected chi connectivity index (χ1v) is 4.96. The van der Waals surface area contributed by atoms with Gasteiger partial charge >= 0.3 is 6.03 Å². The van der Waals surface area contributed by atoms with E-state index in [1.165, 1.54) is 25.7 Å². The van der Waals surface area contributed by atoms with Gasteiger partial charge in [0.15, 0.2) is 0 Å². The second-order valence-electron chi connectivity index (χ2n) is 3.99. The highest BCUT2D eigenvalue weighted by Crippen LogP contribution is 2.27. The van der Waals surface area contributed by atoms with Crippen molar-refractivity contribution in [3.63, 3.8) is 0 Å². The normalized spacial score (nSPS) is 28.2. The summed E-state index contributed by atoms with van der Waals surface area (Å²) < 4.78 is 0. The van der Waals surface area contributed by atoms with Crippen molar-refractivity contribution in [1.29, 1.82) is 0 Å². The first-order chi connectivity index (χ1) is 6.22. The van der Waals surface area contributed by atoms with Gasteiger partial charge in [0.05, 0.1) is 0 Å². The van der Waals surface area contributed by atoms with E-state index in [0.29, 0.717) is 5.92 Å². The van der Waals surface area contributed by atoms with Crippen molar-refractivity contribution in [3.05, 3.63) is 0 Å². The quantitative estimate of drug-likeness (QED) is 0.341. The molecule has 0 aliphatic heterocycles. The van der Waals surface area contributed by atoms with Crippen LogP contribution in [0.4, 0.5) is 4.79 Å². The van der Waals surface area contributed by atoms with E-state index in [-0.39, 0.29) is 6.03 Å². The van der Waals surface area contributed by atoms with Gasteiger partial charge in [-0.15, -0.1) is 0 Å². The van der Waals surface area contributed by atoms with Crippen LogP contribution in [0, 0.1) is 11.8 Å². The van der Waals surface area contributed by atoms with Crippen molar-refractivity contribution < 1.29 is 4.79 Å². The van der Waals surface area contributed by atoms with Crippen molar-refractivity contribution in [2.45, 2.75) is 32.6 Å². The van der Waals surface area contributed by atoms with Crippen LogP contribution in [0.3, 0.4) is 0 Å². The minimum absolute atomic E-state index is 0.279. The molecule has 0 radical (unpaired) electrons. The van der Waals surface area contributed by atoms with E-state index < -0.39 is 0 Å². The summed E-state index contributed by atoms with van der Waals surface area (Å²) in [6, 6.07) is -0.279. The van der Waals surface area contributed by atoms with Crippen molar-refractivity contribution >= 4 is 6.03 Å². The number of hydrogen-bond acceptors (Lipinski definition) is 2. The summed E-state index contributed by atoms with van der Waals surface area (Å²) >= 11 is 0. The smallest absolute Gasteiger partial charge is 0.328 e. The lowest BCUT2D eigenvalue weighted by Crippen LogP contribution is -2.42. The average molecular weight is 185 g/mol. The third-order valence-corrected chi connectivity index (χ3v) is 2.73. The van der Waals surface area contributed by atoms with Crippen LogP contribution in [0.15, 0.2) is 0 Å². The fourth-order valence-electron chi connectivity index (χ4n) is 2.03. The Hall–Kier alpha value is -0.770. The maximum atomic E-state index is 10.8. The molecule has 0 saturated heterocycles. The predicted molar refractivity (Wildman–Crippen MR) is 51.8 cm³/mol. The lowest BCUT2D eigenvalue weighted by molar-refractivity contribution is 0.231. The summed E-state index contributed by atoms with van der Waals surface area (Å²) in [4.78, 5) is 10.8. The number of carbonyl (C=O) groups excluding carboxylic acids is 1. The molecule has 2 unspecified atom stereocenters. The van der Waals surface area contributed by atoms with Crippen LogP contribution in [0.25, 0.3) is 0 Å². The molecule has 76 valence electrons. The maximum absolute atomic E-state index is 10.8. The fourth-order valence-corrected chi connectivity index (χ4v) is 2.03. The minimum Gasteiger partial charge on any atom is -0.337 e. The van der Waals surface area contributed by atoms with Gasteiger partial charge in [0.2, 0.25) is 0 Å². The van der Waals surface area contributed by atoms with Crippen LogP contribution in [0.1, 0.15) is 32.6 Å². The highest BCUT2D eigenvalue weighted by molar-refractivity contribution is 5.72. The monoisotopic (exact) mass is 185 g/mol. The number of carbonyl (C=O) groups is 1. The minimum atomic E-state index is -0.279. The van der Waals surface area contributed by atoms with E-state index in [4.69, 9.17) is 5.84 Å². The lowest BCUT2D eigenvalue weighted by atomic mass is 9.82. The third kappa shape index (κ3) is 3.63. The molecule has 2 atom stereocenters. The highest BCUT2D eigenvalue weighted by Gasteiger charge is 2.18. The van der Waals surface area contributed by atoms with Crippen molar-refractivity contribution in [2.24, 2.45) is 17.7 Å². The summed E-state index contributed by atoms with van der Waals surface area (Å²) in [7, 11) is 0. The van der Waals surface area contributed by atoms with Gasteiger partial charge in [-0.1, -0.05) is 19.8 Å². The molecular weight excluding hydrogens is 166 g/mol. The molecule has 1 aliphatic rings. The summed E-state index contributed by atoms with van der Waals surface area (Å²) in [6.07, 6.45) is 5.08. The zero-order chi connectivity index (χ0) is 9.68. The van der Waals surface area contributed by atoms with Crippen LogP contribution in [-0.4, -0.2) is 12.6 Å². The molecule has 1 saturated carbocycles. The van der Waals surface area contributed by atoms with Gasteiger partial charge in [-0.2, -0.15) is 0 Å². The van der Waals surface area contributed by atoms with E-state index in [0.717, 1.165) is 12.5 Å². The maximum Gasteiger partial charge on any atom is 0.328 e. The Morgan fingerprint density at radius 1 is 1.54 bits per heavy atom. The van der Waals surface area contributed by atoms with Crippen LogP contribution < -0.4 is 16.6 Å². The largest absolute Gasteiger partial charge is 0.337 e. The van der Waals surface area contributed by atoms with E-state index >= 15 is 0 Å². The van der Waals surface area contributed by atoms with E-state index in [1.54, 1.807) is 0 Å².